The number of nitrogens with two attached hydrogens (primary N) is 3. The van der Waals surface area contributed by atoms with Gasteiger partial charge in [0.25, 0.3) is 0 Å². The van der Waals surface area contributed by atoms with Crippen LogP contribution in [0.3, 0.4) is 0 Å². The summed E-state index contributed by atoms with van der Waals surface area (Å²) in [4.78, 5) is 10.3. The summed E-state index contributed by atoms with van der Waals surface area (Å²) < 4.78 is 0. The molecule has 0 bridgehead atoms. The molecule has 0 unspecified atom stereocenters. The molecule has 0 aliphatic carbocycles. The van der Waals surface area contributed by atoms with Gasteiger partial charge in [0.05, 0.1) is 0 Å². The topological polar surface area (TPSA) is 115 Å². The number of hydrogen-bond acceptors (Lipinski definition) is 4. The number of rotatable bonds is 16. The fraction of sp³-hybridized carbons (Fsp3) is 0.952. The molecule has 5 heteroatoms. The van der Waals surface area contributed by atoms with Crippen molar-refractivity contribution in [3.05, 3.63) is 0 Å². The molecule has 0 spiro atoms. The van der Waals surface area contributed by atoms with Crippen molar-refractivity contribution >= 4 is 5.97 Å². The van der Waals surface area contributed by atoms with Crippen LogP contribution >= 0.6 is 0 Å². The smallest absolute Gasteiger partial charge is 0.303 e. The highest BCUT2D eigenvalue weighted by Gasteiger charge is 1.97. The zero-order valence-electron chi connectivity index (χ0n) is 18.4. The van der Waals surface area contributed by atoms with E-state index in [9.17, 15) is 4.79 Å². The maximum atomic E-state index is 10.3. The standard InChI is InChI=1S/C18H36O2.3CH5N/c1-2-3-4-5-6-7-8-9-10-11-12-13-14-15-16-17-18(19)20;3*1-2/h2-17H2,1H3,(H,19,20);3*2H2,1H3. The highest BCUT2D eigenvalue weighted by atomic mass is 16.4. The van der Waals surface area contributed by atoms with E-state index < -0.39 is 5.97 Å². The number of aliphatic carboxylic acids is 1. The first-order chi connectivity index (χ1) is 12.8. The molecule has 0 saturated carbocycles. The zero-order chi connectivity index (χ0) is 20.9. The lowest BCUT2D eigenvalue weighted by molar-refractivity contribution is -0.137. The van der Waals surface area contributed by atoms with E-state index in [1.54, 1.807) is 0 Å². The second kappa shape index (κ2) is 39.4. The van der Waals surface area contributed by atoms with Gasteiger partial charge in [-0.05, 0) is 27.6 Å². The van der Waals surface area contributed by atoms with Crippen molar-refractivity contribution in [2.24, 2.45) is 17.2 Å². The minimum Gasteiger partial charge on any atom is -0.481 e. The molecule has 5 nitrogen and oxygen atoms in total. The first-order valence-electron chi connectivity index (χ1n) is 10.7. The second-order valence-corrected chi connectivity index (χ2v) is 6.09. The highest BCUT2D eigenvalue weighted by Crippen LogP contribution is 2.13. The van der Waals surface area contributed by atoms with Crippen molar-refractivity contribution in [1.82, 2.24) is 0 Å². The van der Waals surface area contributed by atoms with Crippen LogP contribution < -0.4 is 17.2 Å². The molecule has 0 aliphatic heterocycles. The Hall–Kier alpha value is -0.650. The van der Waals surface area contributed by atoms with Crippen LogP contribution in [0.1, 0.15) is 110 Å². The van der Waals surface area contributed by atoms with E-state index in [-0.39, 0.29) is 0 Å². The Morgan fingerprint density at radius 3 is 1.00 bits per heavy atom. The van der Waals surface area contributed by atoms with Crippen LogP contribution in [0.4, 0.5) is 0 Å². The lowest BCUT2D eigenvalue weighted by Gasteiger charge is -2.03. The number of hydrogen-bond donors (Lipinski definition) is 4. The highest BCUT2D eigenvalue weighted by molar-refractivity contribution is 5.66. The molecule has 0 aliphatic rings. The normalized spacial score (nSPS) is 9.04. The van der Waals surface area contributed by atoms with Gasteiger partial charge in [-0.15, -0.1) is 0 Å². The molecule has 0 rings (SSSR count). The molecule has 0 saturated heterocycles. The molecule has 162 valence electrons. The van der Waals surface area contributed by atoms with Crippen molar-refractivity contribution in [1.29, 1.82) is 0 Å². The maximum absolute atomic E-state index is 10.3. The monoisotopic (exact) mass is 377 g/mol. The molecule has 0 aromatic carbocycles. The van der Waals surface area contributed by atoms with Gasteiger partial charge in [0, 0.05) is 6.42 Å². The van der Waals surface area contributed by atoms with Crippen molar-refractivity contribution in [3.63, 3.8) is 0 Å². The summed E-state index contributed by atoms with van der Waals surface area (Å²) in [6, 6.07) is 0. The van der Waals surface area contributed by atoms with Crippen molar-refractivity contribution < 1.29 is 9.90 Å². The molecular formula is C21H51N3O2. The summed E-state index contributed by atoms with van der Waals surface area (Å²) in [5.74, 6) is -0.653. The Labute approximate surface area is 164 Å². The Bertz CT molecular complexity index is 215. The van der Waals surface area contributed by atoms with Crippen LogP contribution in [0.15, 0.2) is 0 Å². The van der Waals surface area contributed by atoms with Gasteiger partial charge in [-0.1, -0.05) is 96.8 Å². The van der Waals surface area contributed by atoms with Gasteiger partial charge in [-0.3, -0.25) is 4.79 Å². The first kappa shape index (κ1) is 33.0. The molecule has 0 atom stereocenters. The molecule has 0 aromatic heterocycles. The van der Waals surface area contributed by atoms with Gasteiger partial charge in [0.2, 0.25) is 0 Å². The van der Waals surface area contributed by atoms with Crippen LogP contribution in [0.25, 0.3) is 0 Å². The van der Waals surface area contributed by atoms with Crippen LogP contribution in [0, 0.1) is 0 Å². The van der Waals surface area contributed by atoms with Gasteiger partial charge in [0.1, 0.15) is 0 Å². The molecule has 0 amide bonds. The number of carboxylic acids is 1. The largest absolute Gasteiger partial charge is 0.481 e. The van der Waals surface area contributed by atoms with E-state index >= 15 is 0 Å². The number of carboxylic acid groups (broad SMARTS) is 1. The van der Waals surface area contributed by atoms with E-state index in [4.69, 9.17) is 5.11 Å². The Balaban J connectivity index is -0.000000362. The minimum absolute atomic E-state index is 0.345. The van der Waals surface area contributed by atoms with Gasteiger partial charge >= 0.3 is 5.97 Å². The van der Waals surface area contributed by atoms with Gasteiger partial charge in [-0.25, -0.2) is 0 Å². The molecule has 0 radical (unpaired) electrons. The fourth-order valence-electron chi connectivity index (χ4n) is 2.65. The summed E-state index contributed by atoms with van der Waals surface area (Å²) in [6.07, 6.45) is 20.2. The zero-order valence-corrected chi connectivity index (χ0v) is 18.4. The Morgan fingerprint density at radius 2 is 0.769 bits per heavy atom. The van der Waals surface area contributed by atoms with E-state index in [1.807, 2.05) is 0 Å². The minimum atomic E-state index is -0.653. The van der Waals surface area contributed by atoms with Crippen LogP contribution in [-0.2, 0) is 4.79 Å². The summed E-state index contributed by atoms with van der Waals surface area (Å²) >= 11 is 0. The average molecular weight is 378 g/mol. The second-order valence-electron chi connectivity index (χ2n) is 6.09. The Kier molecular flexibility index (Phi) is 50.0. The fourth-order valence-corrected chi connectivity index (χ4v) is 2.65. The first-order valence-corrected chi connectivity index (χ1v) is 10.7. The van der Waals surface area contributed by atoms with E-state index in [1.165, 1.54) is 105 Å². The van der Waals surface area contributed by atoms with E-state index in [0.717, 1.165) is 12.8 Å². The molecule has 26 heavy (non-hydrogen) atoms. The quantitative estimate of drug-likeness (QED) is 0.281. The van der Waals surface area contributed by atoms with E-state index in [2.05, 4.69) is 24.1 Å². The third kappa shape index (κ3) is 43.6. The van der Waals surface area contributed by atoms with Gasteiger partial charge < -0.3 is 22.3 Å². The van der Waals surface area contributed by atoms with Crippen molar-refractivity contribution in [3.8, 4) is 0 Å². The third-order valence-electron chi connectivity index (χ3n) is 3.99. The van der Waals surface area contributed by atoms with Crippen LogP contribution in [0.2, 0.25) is 0 Å². The average Bonchev–Trinajstić information content (AvgIpc) is 2.69. The van der Waals surface area contributed by atoms with Crippen molar-refractivity contribution in [2.75, 3.05) is 21.1 Å². The predicted molar refractivity (Wildman–Crippen MR) is 118 cm³/mol. The molecule has 0 heterocycles. The van der Waals surface area contributed by atoms with Crippen LogP contribution in [-0.4, -0.2) is 32.2 Å². The molecular weight excluding hydrogens is 326 g/mol. The lowest BCUT2D eigenvalue weighted by atomic mass is 10.0. The third-order valence-corrected chi connectivity index (χ3v) is 3.99. The van der Waals surface area contributed by atoms with Crippen molar-refractivity contribution in [2.45, 2.75) is 110 Å². The lowest BCUT2D eigenvalue weighted by Crippen LogP contribution is -1.93. The number of carbonyl (C=O) groups is 1. The molecule has 0 fully saturated rings. The maximum Gasteiger partial charge on any atom is 0.303 e. The summed E-state index contributed by atoms with van der Waals surface area (Å²) in [6.45, 7) is 2.27. The number of unbranched alkanes of at least 4 members (excludes halogenated alkanes) is 14. The Morgan fingerprint density at radius 1 is 0.538 bits per heavy atom. The SMILES string of the molecule is CCCCCCCCCCCCCCCCCC(=O)O.CN.CN.CN. The van der Waals surface area contributed by atoms with E-state index in [0.29, 0.717) is 6.42 Å². The van der Waals surface area contributed by atoms with Gasteiger partial charge in [0.15, 0.2) is 0 Å². The van der Waals surface area contributed by atoms with Gasteiger partial charge in [-0.2, -0.15) is 0 Å². The summed E-state index contributed by atoms with van der Waals surface area (Å²) in [5.41, 5.74) is 13.5. The summed E-state index contributed by atoms with van der Waals surface area (Å²) in [7, 11) is 4.50. The van der Waals surface area contributed by atoms with Crippen LogP contribution in [0.5, 0.6) is 0 Å². The molecule has 0 aromatic rings. The molecule has 7 N–H and O–H groups in total. The summed E-state index contributed by atoms with van der Waals surface area (Å²) in [5, 5.41) is 8.52. The predicted octanol–water partition coefficient (Wildman–Crippen LogP) is 5.06.